The number of ether oxygens (including phenoxy) is 1. The Hall–Kier alpha value is -5.88. The van der Waals surface area contributed by atoms with Crippen molar-refractivity contribution in [1.82, 2.24) is 29.7 Å². The quantitative estimate of drug-likeness (QED) is 0.106. The molecule has 6 aromatic rings. The first-order chi connectivity index (χ1) is 26.9. The zero-order chi connectivity index (χ0) is 37.7. The number of imidazole rings is 2. The van der Waals surface area contributed by atoms with E-state index in [1.807, 2.05) is 91.1 Å². The summed E-state index contributed by atoms with van der Waals surface area (Å²) in [5, 5.41) is 21.5. The molecule has 8 rings (SSSR count). The maximum absolute atomic E-state index is 13.2. The molecule has 2 aliphatic heterocycles. The number of aliphatic hydroxyl groups is 2. The number of hydrogen-bond acceptors (Lipinski definition) is 7. The zero-order valence-electron chi connectivity index (χ0n) is 30.4. The first kappa shape index (κ1) is 36.1. The van der Waals surface area contributed by atoms with Crippen LogP contribution in [0.25, 0.3) is 22.5 Å². The van der Waals surface area contributed by atoms with E-state index < -0.39 is 12.2 Å². The highest BCUT2D eigenvalue weighted by atomic mass is 16.5. The number of benzene rings is 4. The predicted octanol–water partition coefficient (Wildman–Crippen LogP) is 6.98. The molecule has 2 fully saturated rings. The van der Waals surface area contributed by atoms with Crippen LogP contribution in [0, 0.1) is 0 Å². The molecule has 2 aromatic heterocycles. The summed E-state index contributed by atoms with van der Waals surface area (Å²) in [6.07, 6.45) is 4.55. The van der Waals surface area contributed by atoms with E-state index in [0.717, 1.165) is 71.0 Å². The summed E-state index contributed by atoms with van der Waals surface area (Å²) in [7, 11) is 0. The number of nitrogens with zero attached hydrogens (tertiary/aromatic N) is 4. The van der Waals surface area contributed by atoms with Crippen molar-refractivity contribution in [3.05, 3.63) is 155 Å². The van der Waals surface area contributed by atoms with Gasteiger partial charge in [0.1, 0.15) is 11.6 Å². The Kier molecular flexibility index (Phi) is 10.7. The van der Waals surface area contributed by atoms with Crippen LogP contribution >= 0.6 is 0 Å². The van der Waals surface area contributed by atoms with Crippen LogP contribution in [0.2, 0.25) is 0 Å². The van der Waals surface area contributed by atoms with Gasteiger partial charge in [0.05, 0.1) is 42.9 Å². The number of nitrogens with one attached hydrogen (secondary N) is 2. The van der Waals surface area contributed by atoms with Gasteiger partial charge in [0.15, 0.2) is 12.2 Å². The van der Waals surface area contributed by atoms with E-state index in [9.17, 15) is 19.8 Å². The fourth-order valence-corrected chi connectivity index (χ4v) is 7.65. The van der Waals surface area contributed by atoms with E-state index in [4.69, 9.17) is 9.72 Å². The van der Waals surface area contributed by atoms with Gasteiger partial charge in [0, 0.05) is 24.8 Å². The summed E-state index contributed by atoms with van der Waals surface area (Å²) < 4.78 is 6.05. The monoisotopic (exact) mass is 736 g/mol. The van der Waals surface area contributed by atoms with Gasteiger partial charge < -0.3 is 34.7 Å². The van der Waals surface area contributed by atoms with Crippen molar-refractivity contribution < 1.29 is 24.5 Å². The van der Waals surface area contributed by atoms with Crippen molar-refractivity contribution >= 4 is 11.8 Å². The third-order valence-corrected chi connectivity index (χ3v) is 10.6. The Balaban J connectivity index is 0.830. The molecule has 280 valence electrons. The molecule has 55 heavy (non-hydrogen) atoms. The summed E-state index contributed by atoms with van der Waals surface area (Å²) in [6, 6.07) is 33.9. The van der Waals surface area contributed by atoms with Crippen LogP contribution in [0.1, 0.15) is 83.9 Å². The zero-order valence-corrected chi connectivity index (χ0v) is 30.4. The number of hydrogen-bond donors (Lipinski definition) is 4. The number of carbonyl (C=O) groups excluding carboxylic acids is 2. The minimum absolute atomic E-state index is 0.209. The van der Waals surface area contributed by atoms with Crippen LogP contribution in [-0.2, 0) is 27.5 Å². The number of aromatic nitrogens is 4. The fourth-order valence-electron chi connectivity index (χ4n) is 7.65. The molecule has 11 heteroatoms. The first-order valence-corrected chi connectivity index (χ1v) is 18.9. The Labute approximate surface area is 319 Å². The summed E-state index contributed by atoms with van der Waals surface area (Å²) in [5.74, 6) is 0.837. The lowest BCUT2D eigenvalue weighted by molar-refractivity contribution is -0.142. The van der Waals surface area contributed by atoms with Crippen molar-refractivity contribution in [2.45, 2.75) is 63.2 Å². The molecule has 0 unspecified atom stereocenters. The van der Waals surface area contributed by atoms with Gasteiger partial charge >= 0.3 is 0 Å². The van der Waals surface area contributed by atoms with Crippen LogP contribution in [0.5, 0.6) is 0 Å². The van der Waals surface area contributed by atoms with Gasteiger partial charge in [0.2, 0.25) is 0 Å². The summed E-state index contributed by atoms with van der Waals surface area (Å²) in [4.78, 5) is 46.1. The minimum atomic E-state index is -1.20. The Morgan fingerprint density at radius 3 is 1.75 bits per heavy atom. The molecule has 4 N–H and O–H groups in total. The van der Waals surface area contributed by atoms with Gasteiger partial charge in [-0.05, 0) is 53.5 Å². The van der Waals surface area contributed by atoms with Crippen LogP contribution in [0.3, 0.4) is 0 Å². The standard InChI is InChI=1S/C44H44N6O5/c51-39(33-9-3-1-4-10-33)43(53)49-23-7-13-37(49)41-45-25-35(47-41)31-19-15-29(16-20-31)27-55-28-30-17-21-32(22-18-30)36-26-46-42(48-36)38-14-8-24-50(38)44(54)40(52)34-11-5-2-6-12-34/h1-6,9-12,15-22,25-26,37-40,51-52H,7-8,13-14,23-24,27-28H2,(H,45,47)(H,46,48)/t37-,38-,39+,40+/m0/s1. The summed E-state index contributed by atoms with van der Waals surface area (Å²) in [6.45, 7) is 2.08. The molecule has 4 aromatic carbocycles. The molecule has 2 saturated heterocycles. The lowest BCUT2D eigenvalue weighted by Crippen LogP contribution is -2.35. The second kappa shape index (κ2) is 16.2. The summed E-state index contributed by atoms with van der Waals surface area (Å²) in [5.41, 5.74) is 6.87. The van der Waals surface area contributed by atoms with Crippen LogP contribution < -0.4 is 0 Å². The number of amides is 2. The average Bonchev–Trinajstić information content (AvgIpc) is 4.08. The van der Waals surface area contributed by atoms with E-state index in [-0.39, 0.29) is 23.9 Å². The highest BCUT2D eigenvalue weighted by molar-refractivity contribution is 5.83. The smallest absolute Gasteiger partial charge is 0.256 e. The maximum atomic E-state index is 13.2. The molecular weight excluding hydrogens is 693 g/mol. The lowest BCUT2D eigenvalue weighted by atomic mass is 10.1. The van der Waals surface area contributed by atoms with Gasteiger partial charge in [-0.1, -0.05) is 109 Å². The molecule has 11 nitrogen and oxygen atoms in total. The number of aliphatic hydroxyl groups excluding tert-OH is 2. The molecule has 0 saturated carbocycles. The van der Waals surface area contributed by atoms with Gasteiger partial charge in [-0.3, -0.25) is 9.59 Å². The molecule has 2 aliphatic rings. The number of H-pyrrole nitrogens is 2. The van der Waals surface area contributed by atoms with Crippen molar-refractivity contribution in [1.29, 1.82) is 0 Å². The molecule has 4 heterocycles. The van der Waals surface area contributed by atoms with Crippen LogP contribution in [0.15, 0.2) is 122 Å². The van der Waals surface area contributed by atoms with Gasteiger partial charge in [-0.15, -0.1) is 0 Å². The topological polar surface area (TPSA) is 148 Å². The van der Waals surface area contributed by atoms with Crippen LogP contribution in [-0.4, -0.2) is 64.9 Å². The molecule has 0 radical (unpaired) electrons. The second-order valence-corrected chi connectivity index (χ2v) is 14.2. The number of likely N-dealkylation sites (tertiary alicyclic amines) is 2. The minimum Gasteiger partial charge on any atom is -0.378 e. The third-order valence-electron chi connectivity index (χ3n) is 10.6. The van der Waals surface area contributed by atoms with E-state index in [0.29, 0.717) is 37.4 Å². The van der Waals surface area contributed by atoms with Crippen LogP contribution in [0.4, 0.5) is 0 Å². The third kappa shape index (κ3) is 7.86. The highest BCUT2D eigenvalue weighted by Gasteiger charge is 2.36. The first-order valence-electron chi connectivity index (χ1n) is 18.9. The van der Waals surface area contributed by atoms with Crippen molar-refractivity contribution in [2.24, 2.45) is 0 Å². The second-order valence-electron chi connectivity index (χ2n) is 14.2. The van der Waals surface area contributed by atoms with Crippen molar-refractivity contribution in [3.63, 3.8) is 0 Å². The van der Waals surface area contributed by atoms with Gasteiger partial charge in [0.25, 0.3) is 11.8 Å². The molecular formula is C44H44N6O5. The molecule has 4 atom stereocenters. The maximum Gasteiger partial charge on any atom is 0.256 e. The SMILES string of the molecule is O=C([C@H](O)c1ccccc1)N1CCC[C@H]1c1nc(-c2ccc(COCc3ccc(-c4cnc([C@@H]5CCCN5C(=O)[C@H](O)c5ccccc5)[nH]4)cc3)cc2)c[nH]1. The van der Waals surface area contributed by atoms with Crippen molar-refractivity contribution in [2.75, 3.05) is 13.1 Å². The lowest BCUT2D eigenvalue weighted by Gasteiger charge is -2.25. The fraction of sp³-hybridized carbons (Fsp3) is 0.273. The predicted molar refractivity (Wildman–Crippen MR) is 207 cm³/mol. The highest BCUT2D eigenvalue weighted by Crippen LogP contribution is 2.35. The van der Waals surface area contributed by atoms with Gasteiger partial charge in [-0.2, -0.15) is 0 Å². The molecule has 0 spiro atoms. The Morgan fingerprint density at radius 1 is 0.691 bits per heavy atom. The molecule has 2 amide bonds. The Bertz CT molecular complexity index is 2050. The normalized spacial score (nSPS) is 18.1. The average molecular weight is 737 g/mol. The van der Waals surface area contributed by atoms with Gasteiger partial charge in [-0.25, -0.2) is 9.97 Å². The molecule has 0 bridgehead atoms. The van der Waals surface area contributed by atoms with E-state index in [2.05, 4.69) is 15.0 Å². The number of aromatic amines is 2. The number of rotatable bonds is 12. The Morgan fingerprint density at radius 2 is 1.20 bits per heavy atom. The van der Waals surface area contributed by atoms with E-state index >= 15 is 0 Å². The largest absolute Gasteiger partial charge is 0.378 e. The summed E-state index contributed by atoms with van der Waals surface area (Å²) >= 11 is 0. The van der Waals surface area contributed by atoms with E-state index in [1.165, 1.54) is 0 Å². The number of carbonyl (C=O) groups is 2. The molecule has 0 aliphatic carbocycles. The van der Waals surface area contributed by atoms with E-state index in [1.54, 1.807) is 40.3 Å². The van der Waals surface area contributed by atoms with Crippen molar-refractivity contribution in [3.8, 4) is 22.5 Å².